The Hall–Kier alpha value is -1.58. The van der Waals surface area contributed by atoms with E-state index in [0.717, 1.165) is 5.57 Å². The number of methoxy groups -OCH3 is 1. The number of likely N-dealkylation sites (N-methyl/N-ethyl adjacent to an activating group) is 1. The summed E-state index contributed by atoms with van der Waals surface area (Å²) in [6.07, 6.45) is 5.52. The van der Waals surface area contributed by atoms with Gasteiger partial charge in [0.2, 0.25) is 11.8 Å². The molecule has 1 atom stereocenters. The van der Waals surface area contributed by atoms with Crippen molar-refractivity contribution in [2.75, 3.05) is 14.2 Å². The lowest BCUT2D eigenvalue weighted by Gasteiger charge is -2.25. The number of allylic oxidation sites excluding steroid dienone is 2. The summed E-state index contributed by atoms with van der Waals surface area (Å²) in [5.74, 6) is 0.509. The minimum Gasteiger partial charge on any atom is -0.481 e. The monoisotopic (exact) mass is 250 g/mol. The quantitative estimate of drug-likeness (QED) is 0.717. The molecule has 4 heteroatoms. The molecule has 0 N–H and O–H groups in total. The normalized spacial score (nSPS) is 19.8. The van der Waals surface area contributed by atoms with Crippen LogP contribution in [0.4, 0.5) is 0 Å². The van der Waals surface area contributed by atoms with E-state index in [1.54, 1.807) is 19.1 Å². The highest BCUT2D eigenvalue weighted by Gasteiger charge is 2.22. The van der Waals surface area contributed by atoms with Gasteiger partial charge in [0.15, 0.2) is 0 Å². The summed E-state index contributed by atoms with van der Waals surface area (Å²) < 4.78 is 5.18. The van der Waals surface area contributed by atoms with Gasteiger partial charge in [-0.25, -0.2) is 4.99 Å². The smallest absolute Gasteiger partial charge is 0.221 e. The molecule has 0 spiro atoms. The van der Waals surface area contributed by atoms with Crippen molar-refractivity contribution < 1.29 is 9.53 Å². The van der Waals surface area contributed by atoms with Gasteiger partial charge in [0.1, 0.15) is 6.17 Å². The van der Waals surface area contributed by atoms with Crippen LogP contribution in [-0.2, 0) is 9.53 Å². The molecule has 0 radical (unpaired) electrons. The molecule has 0 aromatic heterocycles. The second-order valence-electron chi connectivity index (χ2n) is 5.42. The molecule has 1 amide bonds. The van der Waals surface area contributed by atoms with Gasteiger partial charge in [-0.05, 0) is 17.1 Å². The van der Waals surface area contributed by atoms with Gasteiger partial charge in [-0.15, -0.1) is 0 Å². The van der Waals surface area contributed by atoms with E-state index in [1.807, 2.05) is 18.2 Å². The van der Waals surface area contributed by atoms with Gasteiger partial charge in [0, 0.05) is 20.0 Å². The summed E-state index contributed by atoms with van der Waals surface area (Å²) >= 11 is 0. The number of amides is 1. The highest BCUT2D eigenvalue weighted by molar-refractivity contribution is 5.89. The van der Waals surface area contributed by atoms with Crippen LogP contribution < -0.4 is 0 Å². The van der Waals surface area contributed by atoms with Crippen molar-refractivity contribution >= 4 is 11.8 Å². The summed E-state index contributed by atoms with van der Waals surface area (Å²) in [4.78, 5) is 17.5. The summed E-state index contributed by atoms with van der Waals surface area (Å²) in [6.45, 7) is 7.92. The summed E-state index contributed by atoms with van der Waals surface area (Å²) in [5.41, 5.74) is 1.14. The Balaban J connectivity index is 3.16. The van der Waals surface area contributed by atoms with Gasteiger partial charge in [0.25, 0.3) is 0 Å². The molecule has 100 valence electrons. The molecule has 0 saturated carbocycles. The Kier molecular flexibility index (Phi) is 4.33. The molecule has 0 aromatic carbocycles. The first-order chi connectivity index (χ1) is 8.25. The second kappa shape index (κ2) is 5.38. The molecule has 1 unspecified atom stereocenters. The van der Waals surface area contributed by atoms with E-state index in [0.29, 0.717) is 5.90 Å². The SMILES string of the molecule is COC1=NC(N(C)C(C)=O)C=C(C(C)(C)C)C=C1. The van der Waals surface area contributed by atoms with Gasteiger partial charge in [-0.1, -0.05) is 26.8 Å². The first kappa shape index (κ1) is 14.5. The average molecular weight is 250 g/mol. The topological polar surface area (TPSA) is 41.9 Å². The number of hydrogen-bond donors (Lipinski definition) is 0. The van der Waals surface area contributed by atoms with Crippen molar-refractivity contribution in [3.05, 3.63) is 23.8 Å². The van der Waals surface area contributed by atoms with Gasteiger partial charge in [0.05, 0.1) is 7.11 Å². The van der Waals surface area contributed by atoms with E-state index in [-0.39, 0.29) is 17.5 Å². The van der Waals surface area contributed by atoms with Crippen molar-refractivity contribution in [2.45, 2.75) is 33.9 Å². The largest absolute Gasteiger partial charge is 0.481 e. The molecule has 0 bridgehead atoms. The van der Waals surface area contributed by atoms with Crippen LogP contribution in [-0.4, -0.2) is 37.0 Å². The number of hydrogen-bond acceptors (Lipinski definition) is 3. The Morgan fingerprint density at radius 2 is 2.00 bits per heavy atom. The number of carbonyl (C=O) groups is 1. The van der Waals surface area contributed by atoms with E-state index in [4.69, 9.17) is 4.74 Å². The second-order valence-corrected chi connectivity index (χ2v) is 5.42. The highest BCUT2D eigenvalue weighted by Crippen LogP contribution is 2.28. The molecule has 4 nitrogen and oxygen atoms in total. The number of carbonyl (C=O) groups excluding carboxylic acids is 1. The van der Waals surface area contributed by atoms with E-state index in [2.05, 4.69) is 25.8 Å². The molecule has 0 saturated heterocycles. The summed E-state index contributed by atoms with van der Waals surface area (Å²) in [5, 5.41) is 0. The first-order valence-electron chi connectivity index (χ1n) is 6.01. The maximum atomic E-state index is 11.5. The van der Waals surface area contributed by atoms with Crippen molar-refractivity contribution in [1.82, 2.24) is 4.90 Å². The van der Waals surface area contributed by atoms with Gasteiger partial charge < -0.3 is 9.64 Å². The van der Waals surface area contributed by atoms with Crippen LogP contribution >= 0.6 is 0 Å². The number of ether oxygens (including phenoxy) is 1. The van der Waals surface area contributed by atoms with E-state index in [1.165, 1.54) is 6.92 Å². The number of aliphatic imine (C=N–C) groups is 1. The molecule has 0 fully saturated rings. The van der Waals surface area contributed by atoms with Gasteiger partial charge in [-0.3, -0.25) is 4.79 Å². The summed E-state index contributed by atoms with van der Waals surface area (Å²) in [6, 6.07) is 0. The Bertz CT molecular complexity index is 414. The van der Waals surface area contributed by atoms with Crippen LogP contribution in [0.2, 0.25) is 0 Å². The van der Waals surface area contributed by atoms with Crippen LogP contribution in [0.25, 0.3) is 0 Å². The third kappa shape index (κ3) is 3.45. The molecule has 18 heavy (non-hydrogen) atoms. The van der Waals surface area contributed by atoms with Crippen LogP contribution in [0, 0.1) is 5.41 Å². The lowest BCUT2D eigenvalue weighted by Crippen LogP contribution is -2.34. The third-order valence-corrected chi connectivity index (χ3v) is 2.96. The van der Waals surface area contributed by atoms with Crippen molar-refractivity contribution in [1.29, 1.82) is 0 Å². The van der Waals surface area contributed by atoms with Crippen LogP contribution in [0.1, 0.15) is 27.7 Å². The molecule has 0 aromatic rings. The van der Waals surface area contributed by atoms with Crippen molar-refractivity contribution in [2.24, 2.45) is 10.4 Å². The van der Waals surface area contributed by atoms with E-state index in [9.17, 15) is 4.79 Å². The zero-order chi connectivity index (χ0) is 13.9. The molecule has 0 aliphatic carbocycles. The molecule has 1 heterocycles. The lowest BCUT2D eigenvalue weighted by molar-refractivity contribution is -0.128. The summed E-state index contributed by atoms with van der Waals surface area (Å²) in [7, 11) is 3.32. The Labute approximate surface area is 109 Å². The predicted octanol–water partition coefficient (Wildman–Crippen LogP) is 2.38. The molecule has 1 aliphatic heterocycles. The number of rotatable bonds is 1. The van der Waals surface area contributed by atoms with Gasteiger partial charge >= 0.3 is 0 Å². The lowest BCUT2D eigenvalue weighted by atomic mass is 9.85. The minimum atomic E-state index is -0.318. The fourth-order valence-electron chi connectivity index (χ4n) is 1.59. The fourth-order valence-corrected chi connectivity index (χ4v) is 1.59. The van der Waals surface area contributed by atoms with Crippen LogP contribution in [0.5, 0.6) is 0 Å². The predicted molar refractivity (Wildman–Crippen MR) is 73.4 cm³/mol. The highest BCUT2D eigenvalue weighted by atomic mass is 16.5. The zero-order valence-electron chi connectivity index (χ0n) is 12.0. The standard InChI is InChI=1S/C14H22N2O2/c1-10(17)16(5)12-9-11(14(2,3)4)7-8-13(15-12)18-6/h7-9,12H,1-6H3. The van der Waals surface area contributed by atoms with Gasteiger partial charge in [-0.2, -0.15) is 0 Å². The molecular weight excluding hydrogens is 228 g/mol. The molecular formula is C14H22N2O2. The fraction of sp³-hybridized carbons (Fsp3) is 0.571. The zero-order valence-corrected chi connectivity index (χ0v) is 12.0. The maximum absolute atomic E-state index is 11.5. The van der Waals surface area contributed by atoms with Crippen molar-refractivity contribution in [3.63, 3.8) is 0 Å². The van der Waals surface area contributed by atoms with Crippen molar-refractivity contribution in [3.8, 4) is 0 Å². The molecule has 1 aliphatic rings. The maximum Gasteiger partial charge on any atom is 0.221 e. The molecule has 1 rings (SSSR count). The van der Waals surface area contributed by atoms with Crippen LogP contribution in [0.15, 0.2) is 28.8 Å². The van der Waals surface area contributed by atoms with E-state index < -0.39 is 0 Å². The number of nitrogens with zero attached hydrogens (tertiary/aromatic N) is 2. The Morgan fingerprint density at radius 3 is 2.44 bits per heavy atom. The Morgan fingerprint density at radius 1 is 1.39 bits per heavy atom. The van der Waals surface area contributed by atoms with Crippen LogP contribution in [0.3, 0.4) is 0 Å². The third-order valence-electron chi connectivity index (χ3n) is 2.96. The average Bonchev–Trinajstić information content (AvgIpc) is 2.49. The van der Waals surface area contributed by atoms with E-state index >= 15 is 0 Å². The minimum absolute atomic E-state index is 0.00505. The first-order valence-corrected chi connectivity index (χ1v) is 6.01.